The highest BCUT2D eigenvalue weighted by atomic mass is 16.6. The monoisotopic (exact) mass is 383 g/mol. The molecular weight excluding hydrogens is 370 g/mol. The van der Waals surface area contributed by atoms with E-state index in [-0.39, 0.29) is 30.7 Å². The number of anilines is 1. The molecule has 1 saturated heterocycles. The first-order chi connectivity index (χ1) is 13.5. The minimum absolute atomic E-state index is 0.122. The first kappa shape index (κ1) is 17.3. The zero-order valence-electron chi connectivity index (χ0n) is 14.3. The van der Waals surface area contributed by atoms with E-state index in [0.717, 1.165) is 11.8 Å². The average Bonchev–Trinajstić information content (AvgIpc) is 3.33. The van der Waals surface area contributed by atoms with Crippen molar-refractivity contribution in [1.29, 1.82) is 0 Å². The van der Waals surface area contributed by atoms with Crippen LogP contribution in [-0.4, -0.2) is 54.9 Å². The summed E-state index contributed by atoms with van der Waals surface area (Å²) in [5.74, 6) is -1.69. The number of hydrogen-bond acceptors (Lipinski definition) is 8. The molecule has 12 heteroatoms. The molecule has 0 saturated carbocycles. The number of nitrogens with zero attached hydrogens (tertiary/aromatic N) is 6. The first-order valence-electron chi connectivity index (χ1n) is 8.19. The smallest absolute Gasteiger partial charge is 0.395 e. The van der Waals surface area contributed by atoms with Crippen LogP contribution in [0.1, 0.15) is 10.6 Å². The maximum absolute atomic E-state index is 12.3. The predicted molar refractivity (Wildman–Crippen MR) is 92.5 cm³/mol. The Morgan fingerprint density at radius 3 is 2.54 bits per heavy atom. The van der Waals surface area contributed by atoms with Crippen LogP contribution in [-0.2, 0) is 4.79 Å². The van der Waals surface area contributed by atoms with Crippen LogP contribution in [0.2, 0.25) is 0 Å². The SMILES string of the molecule is O=C(Nc1ccc(-n2cnnn2)cc1)C1CN(C(=O)c2ccc([N+](=O)[O-])o2)C1. The number of nitro groups is 1. The minimum atomic E-state index is -0.714. The Hall–Kier alpha value is -4.09. The van der Waals surface area contributed by atoms with Crippen LogP contribution in [0.4, 0.5) is 11.6 Å². The lowest BCUT2D eigenvalue weighted by Gasteiger charge is -2.37. The molecule has 0 aliphatic carbocycles. The summed E-state index contributed by atoms with van der Waals surface area (Å²) < 4.78 is 6.38. The predicted octanol–water partition coefficient (Wildman–Crippen LogP) is 0.874. The fourth-order valence-electron chi connectivity index (χ4n) is 2.73. The molecule has 28 heavy (non-hydrogen) atoms. The van der Waals surface area contributed by atoms with E-state index in [1.165, 1.54) is 22.0 Å². The van der Waals surface area contributed by atoms with Crippen molar-refractivity contribution in [3.63, 3.8) is 0 Å². The molecule has 142 valence electrons. The van der Waals surface area contributed by atoms with E-state index in [1.54, 1.807) is 24.3 Å². The molecule has 12 nitrogen and oxygen atoms in total. The van der Waals surface area contributed by atoms with E-state index < -0.39 is 16.7 Å². The highest BCUT2D eigenvalue weighted by molar-refractivity contribution is 5.97. The van der Waals surface area contributed by atoms with Crippen molar-refractivity contribution in [1.82, 2.24) is 25.1 Å². The normalized spacial score (nSPS) is 13.8. The van der Waals surface area contributed by atoms with Crippen molar-refractivity contribution in [2.75, 3.05) is 18.4 Å². The van der Waals surface area contributed by atoms with Crippen LogP contribution < -0.4 is 5.32 Å². The number of carbonyl (C=O) groups is 2. The number of hydrogen-bond donors (Lipinski definition) is 1. The third-order valence-corrected chi connectivity index (χ3v) is 4.27. The molecule has 1 N–H and O–H groups in total. The van der Waals surface area contributed by atoms with Crippen LogP contribution in [0.3, 0.4) is 0 Å². The molecule has 0 radical (unpaired) electrons. The van der Waals surface area contributed by atoms with Crippen LogP contribution in [0.25, 0.3) is 5.69 Å². The summed E-state index contributed by atoms with van der Waals surface area (Å²) >= 11 is 0. The Bertz CT molecular complexity index is 1020. The molecule has 1 aliphatic heterocycles. The maximum atomic E-state index is 12.3. The lowest BCUT2D eigenvalue weighted by atomic mass is 9.98. The van der Waals surface area contributed by atoms with Crippen LogP contribution in [0.15, 0.2) is 47.1 Å². The lowest BCUT2D eigenvalue weighted by Crippen LogP contribution is -2.54. The highest BCUT2D eigenvalue weighted by Crippen LogP contribution is 2.23. The molecule has 1 fully saturated rings. The van der Waals surface area contributed by atoms with E-state index in [0.29, 0.717) is 5.69 Å². The number of amides is 2. The topological polar surface area (TPSA) is 149 Å². The van der Waals surface area contributed by atoms with Gasteiger partial charge in [-0.2, -0.15) is 0 Å². The molecule has 3 heterocycles. The second kappa shape index (κ2) is 6.90. The summed E-state index contributed by atoms with van der Waals surface area (Å²) in [6, 6.07) is 9.33. The fraction of sp³-hybridized carbons (Fsp3) is 0.188. The Labute approximate surface area is 156 Å². The Balaban J connectivity index is 1.31. The number of aromatic nitrogens is 4. The zero-order valence-corrected chi connectivity index (χ0v) is 14.3. The molecule has 4 rings (SSSR count). The molecular formula is C16H13N7O5. The van der Waals surface area contributed by atoms with Crippen molar-refractivity contribution in [3.05, 3.63) is 58.6 Å². The second-order valence-corrected chi connectivity index (χ2v) is 6.09. The number of likely N-dealkylation sites (tertiary alicyclic amines) is 1. The van der Waals surface area contributed by atoms with Crippen molar-refractivity contribution in [2.45, 2.75) is 0 Å². The first-order valence-corrected chi connectivity index (χ1v) is 8.19. The van der Waals surface area contributed by atoms with E-state index in [2.05, 4.69) is 20.8 Å². The van der Waals surface area contributed by atoms with Crippen LogP contribution >= 0.6 is 0 Å². The molecule has 3 aromatic rings. The van der Waals surface area contributed by atoms with Crippen molar-refractivity contribution >= 4 is 23.4 Å². The summed E-state index contributed by atoms with van der Waals surface area (Å²) in [4.78, 5) is 35.8. The van der Waals surface area contributed by atoms with Gasteiger partial charge < -0.3 is 14.6 Å². The molecule has 2 aromatic heterocycles. The standard InChI is InChI=1S/C16H13N7O5/c24-15(18-11-1-3-12(4-2-11)22-9-17-19-20-22)10-7-21(8-10)16(25)13-5-6-14(28-13)23(26)27/h1-6,9-10H,7-8H2,(H,18,24). The van der Waals surface area contributed by atoms with Gasteiger partial charge in [0, 0.05) is 18.8 Å². The molecule has 1 aliphatic rings. The van der Waals surface area contributed by atoms with E-state index >= 15 is 0 Å². The summed E-state index contributed by atoms with van der Waals surface area (Å²) in [6.07, 6.45) is 1.46. The lowest BCUT2D eigenvalue weighted by molar-refractivity contribution is -0.402. The van der Waals surface area contributed by atoms with Crippen molar-refractivity contribution < 1.29 is 18.9 Å². The number of carbonyl (C=O) groups excluding carboxylic acids is 2. The molecule has 1 aromatic carbocycles. The van der Waals surface area contributed by atoms with Gasteiger partial charge in [0.15, 0.2) is 5.76 Å². The van der Waals surface area contributed by atoms with Gasteiger partial charge in [-0.15, -0.1) is 5.10 Å². The second-order valence-electron chi connectivity index (χ2n) is 6.09. The third kappa shape index (κ3) is 3.30. The van der Waals surface area contributed by atoms with Crippen LogP contribution in [0, 0.1) is 16.0 Å². The van der Waals surface area contributed by atoms with Gasteiger partial charge in [-0.3, -0.25) is 19.7 Å². The number of tetrazole rings is 1. The van der Waals surface area contributed by atoms with Gasteiger partial charge in [0.1, 0.15) is 11.3 Å². The molecule has 2 amide bonds. The zero-order chi connectivity index (χ0) is 19.7. The van der Waals surface area contributed by atoms with Gasteiger partial charge in [-0.25, -0.2) is 4.68 Å². The van der Waals surface area contributed by atoms with Gasteiger partial charge in [0.05, 0.1) is 17.7 Å². The average molecular weight is 383 g/mol. The Morgan fingerprint density at radius 2 is 1.93 bits per heavy atom. The Kier molecular flexibility index (Phi) is 4.27. The fourth-order valence-corrected chi connectivity index (χ4v) is 2.73. The van der Waals surface area contributed by atoms with Crippen LogP contribution in [0.5, 0.6) is 0 Å². The molecule has 0 unspecified atom stereocenters. The Morgan fingerprint density at radius 1 is 1.18 bits per heavy atom. The summed E-state index contributed by atoms with van der Waals surface area (Å²) in [5.41, 5.74) is 1.35. The van der Waals surface area contributed by atoms with Gasteiger partial charge in [0.25, 0.3) is 5.91 Å². The molecule has 0 atom stereocenters. The maximum Gasteiger partial charge on any atom is 0.433 e. The van der Waals surface area contributed by atoms with Gasteiger partial charge in [-0.05, 0) is 40.8 Å². The van der Waals surface area contributed by atoms with Gasteiger partial charge >= 0.3 is 5.88 Å². The summed E-state index contributed by atoms with van der Waals surface area (Å²) in [7, 11) is 0. The van der Waals surface area contributed by atoms with Gasteiger partial charge in [-0.1, -0.05) is 0 Å². The van der Waals surface area contributed by atoms with E-state index in [4.69, 9.17) is 4.42 Å². The van der Waals surface area contributed by atoms with E-state index in [9.17, 15) is 19.7 Å². The van der Waals surface area contributed by atoms with E-state index in [1.807, 2.05) is 0 Å². The number of benzene rings is 1. The van der Waals surface area contributed by atoms with Gasteiger partial charge in [0.2, 0.25) is 5.91 Å². The summed E-state index contributed by atoms with van der Waals surface area (Å²) in [5, 5.41) is 24.3. The minimum Gasteiger partial charge on any atom is -0.395 e. The third-order valence-electron chi connectivity index (χ3n) is 4.27. The quantitative estimate of drug-likeness (QED) is 0.504. The molecule has 0 bridgehead atoms. The number of rotatable bonds is 5. The highest BCUT2D eigenvalue weighted by Gasteiger charge is 2.37. The number of furan rings is 1. The van der Waals surface area contributed by atoms with Crippen molar-refractivity contribution in [3.8, 4) is 5.69 Å². The molecule has 0 spiro atoms. The summed E-state index contributed by atoms with van der Waals surface area (Å²) in [6.45, 7) is 0.420. The van der Waals surface area contributed by atoms with Crippen molar-refractivity contribution in [2.24, 2.45) is 5.92 Å². The largest absolute Gasteiger partial charge is 0.433 e. The number of nitrogens with one attached hydrogen (secondary N) is 1.